The molecule has 0 spiro atoms. The molecule has 0 bridgehead atoms. The highest BCUT2D eigenvalue weighted by Gasteiger charge is 2.24. The third kappa shape index (κ3) is 3.02. The van der Waals surface area contributed by atoms with E-state index >= 15 is 0 Å². The Bertz CT molecular complexity index is 633. The van der Waals surface area contributed by atoms with Crippen molar-refractivity contribution in [2.75, 3.05) is 6.54 Å². The van der Waals surface area contributed by atoms with E-state index in [1.54, 1.807) is 19.9 Å². The molecule has 0 aromatic heterocycles. The highest BCUT2D eigenvalue weighted by Crippen LogP contribution is 2.26. The number of sulfonamides is 1. The summed E-state index contributed by atoms with van der Waals surface area (Å²) in [5.74, 6) is -0.701. The van der Waals surface area contributed by atoms with Gasteiger partial charge in [-0.3, -0.25) is 0 Å². The second kappa shape index (κ2) is 5.54. The van der Waals surface area contributed by atoms with Crippen LogP contribution in [-0.2, 0) is 10.0 Å². The van der Waals surface area contributed by atoms with Crippen LogP contribution in [0.4, 0.5) is 0 Å². The Balaban J connectivity index is 2.29. The van der Waals surface area contributed by atoms with Crippen molar-refractivity contribution in [2.24, 2.45) is 5.92 Å². The smallest absolute Gasteiger partial charge is 0.335 e. The highest BCUT2D eigenvalue weighted by atomic mass is 32.2. The van der Waals surface area contributed by atoms with Crippen molar-refractivity contribution in [3.8, 4) is 0 Å². The van der Waals surface area contributed by atoms with Crippen molar-refractivity contribution in [3.05, 3.63) is 28.8 Å². The number of rotatable bonds is 5. The first-order valence-electron chi connectivity index (χ1n) is 6.65. The molecule has 0 saturated heterocycles. The van der Waals surface area contributed by atoms with E-state index in [9.17, 15) is 13.2 Å². The highest BCUT2D eigenvalue weighted by molar-refractivity contribution is 7.89. The lowest BCUT2D eigenvalue weighted by Crippen LogP contribution is -2.32. The van der Waals surface area contributed by atoms with Crippen molar-refractivity contribution in [1.29, 1.82) is 0 Å². The lowest BCUT2D eigenvalue weighted by molar-refractivity contribution is 0.0696. The summed E-state index contributed by atoms with van der Waals surface area (Å²) in [6.45, 7) is 3.77. The molecule has 1 fully saturated rings. The molecule has 20 heavy (non-hydrogen) atoms. The summed E-state index contributed by atoms with van der Waals surface area (Å²) in [5.41, 5.74) is 1.15. The number of benzene rings is 1. The maximum absolute atomic E-state index is 12.3. The van der Waals surface area contributed by atoms with Crippen LogP contribution in [0.3, 0.4) is 0 Å². The standard InChI is InChI=1S/C14H19NO4S/c1-9-6-10(2)13(7-12(9)14(16)17)20(18,19)15-8-11-4-3-5-11/h6-7,11,15H,3-5,8H2,1-2H3,(H,16,17). The molecule has 1 aromatic carbocycles. The number of hydrogen-bond donors (Lipinski definition) is 2. The summed E-state index contributed by atoms with van der Waals surface area (Å²) in [6.07, 6.45) is 3.25. The van der Waals surface area contributed by atoms with E-state index < -0.39 is 16.0 Å². The zero-order valence-electron chi connectivity index (χ0n) is 11.6. The molecule has 1 aromatic rings. The van der Waals surface area contributed by atoms with E-state index in [2.05, 4.69) is 4.72 Å². The molecule has 0 aliphatic heterocycles. The van der Waals surface area contributed by atoms with Crippen molar-refractivity contribution in [1.82, 2.24) is 4.72 Å². The van der Waals surface area contributed by atoms with Gasteiger partial charge in [-0.15, -0.1) is 0 Å². The molecule has 6 heteroatoms. The zero-order chi connectivity index (χ0) is 14.9. The number of hydrogen-bond acceptors (Lipinski definition) is 3. The van der Waals surface area contributed by atoms with Gasteiger partial charge >= 0.3 is 5.97 Å². The minimum Gasteiger partial charge on any atom is -0.478 e. The van der Waals surface area contributed by atoms with Gasteiger partial charge in [0.2, 0.25) is 10.0 Å². The Hall–Kier alpha value is -1.40. The van der Waals surface area contributed by atoms with Gasteiger partial charge in [0.1, 0.15) is 0 Å². The Morgan fingerprint density at radius 3 is 2.45 bits per heavy atom. The number of carbonyl (C=O) groups is 1. The molecule has 2 N–H and O–H groups in total. The molecule has 1 saturated carbocycles. The Morgan fingerprint density at radius 2 is 1.95 bits per heavy atom. The zero-order valence-corrected chi connectivity index (χ0v) is 12.5. The van der Waals surface area contributed by atoms with Crippen molar-refractivity contribution < 1.29 is 18.3 Å². The maximum Gasteiger partial charge on any atom is 0.335 e. The molecule has 110 valence electrons. The van der Waals surface area contributed by atoms with Gasteiger partial charge in [0.15, 0.2) is 0 Å². The second-order valence-electron chi connectivity index (χ2n) is 5.39. The molecule has 0 amide bonds. The summed E-state index contributed by atoms with van der Waals surface area (Å²) in [6, 6.07) is 2.84. The average molecular weight is 297 g/mol. The molecule has 0 unspecified atom stereocenters. The summed E-state index contributed by atoms with van der Waals surface area (Å²) in [5, 5.41) is 9.10. The van der Waals surface area contributed by atoms with E-state index in [0.717, 1.165) is 19.3 Å². The number of nitrogens with one attached hydrogen (secondary N) is 1. The fourth-order valence-electron chi connectivity index (χ4n) is 2.35. The van der Waals surface area contributed by atoms with Crippen molar-refractivity contribution in [2.45, 2.75) is 38.0 Å². The van der Waals surface area contributed by atoms with Crippen LogP contribution in [0.1, 0.15) is 40.7 Å². The first kappa shape index (κ1) is 15.0. The van der Waals surface area contributed by atoms with Gasteiger partial charge in [-0.2, -0.15) is 0 Å². The number of carboxylic acids is 1. The molecule has 1 aliphatic carbocycles. The molecular weight excluding hydrogens is 278 g/mol. The van der Waals surface area contributed by atoms with Gasteiger partial charge in [-0.1, -0.05) is 12.5 Å². The van der Waals surface area contributed by atoms with Crippen LogP contribution in [0, 0.1) is 19.8 Å². The summed E-state index contributed by atoms with van der Waals surface area (Å²) in [4.78, 5) is 11.2. The number of aryl methyl sites for hydroxylation is 2. The number of aromatic carboxylic acids is 1. The molecular formula is C14H19NO4S. The SMILES string of the molecule is Cc1cc(C)c(S(=O)(=O)NCC2CCC2)cc1C(=O)O. The Labute approximate surface area is 119 Å². The van der Waals surface area contributed by atoms with Gasteiger partial charge in [-0.25, -0.2) is 17.9 Å². The van der Waals surface area contributed by atoms with Crippen LogP contribution in [-0.4, -0.2) is 26.0 Å². The Morgan fingerprint density at radius 1 is 1.30 bits per heavy atom. The van der Waals surface area contributed by atoms with Crippen LogP contribution in [0.15, 0.2) is 17.0 Å². The van der Waals surface area contributed by atoms with Crippen LogP contribution >= 0.6 is 0 Å². The third-order valence-corrected chi connectivity index (χ3v) is 5.39. The summed E-state index contributed by atoms with van der Waals surface area (Å²) < 4.78 is 27.1. The molecule has 5 nitrogen and oxygen atoms in total. The predicted octanol–water partition coefficient (Wildman–Crippen LogP) is 2.08. The first-order chi connectivity index (χ1) is 9.31. The van der Waals surface area contributed by atoms with E-state index in [1.807, 2.05) is 0 Å². The first-order valence-corrected chi connectivity index (χ1v) is 8.14. The van der Waals surface area contributed by atoms with Crippen molar-refractivity contribution in [3.63, 3.8) is 0 Å². The Kier molecular flexibility index (Phi) is 4.15. The van der Waals surface area contributed by atoms with Gasteiger partial charge in [0.25, 0.3) is 0 Å². The quantitative estimate of drug-likeness (QED) is 0.871. The molecule has 0 radical (unpaired) electrons. The normalized spacial score (nSPS) is 15.9. The average Bonchev–Trinajstić information content (AvgIpc) is 2.25. The van der Waals surface area contributed by atoms with E-state index in [4.69, 9.17) is 5.11 Å². The van der Waals surface area contributed by atoms with Gasteiger partial charge in [0.05, 0.1) is 10.5 Å². The topological polar surface area (TPSA) is 83.5 Å². The van der Waals surface area contributed by atoms with E-state index in [0.29, 0.717) is 23.6 Å². The van der Waals surface area contributed by atoms with Crippen LogP contribution in [0.5, 0.6) is 0 Å². The maximum atomic E-state index is 12.3. The van der Waals surface area contributed by atoms with Crippen LogP contribution in [0.25, 0.3) is 0 Å². The minimum absolute atomic E-state index is 0.0274. The van der Waals surface area contributed by atoms with E-state index in [-0.39, 0.29) is 10.5 Å². The fourth-order valence-corrected chi connectivity index (χ4v) is 3.72. The third-order valence-electron chi connectivity index (χ3n) is 3.83. The lowest BCUT2D eigenvalue weighted by Gasteiger charge is -2.25. The fraction of sp³-hybridized carbons (Fsp3) is 0.500. The summed E-state index contributed by atoms with van der Waals surface area (Å²) >= 11 is 0. The van der Waals surface area contributed by atoms with Gasteiger partial charge in [0, 0.05) is 6.54 Å². The summed E-state index contributed by atoms with van der Waals surface area (Å²) in [7, 11) is -3.65. The predicted molar refractivity (Wildman–Crippen MR) is 75.4 cm³/mol. The minimum atomic E-state index is -3.65. The molecule has 0 heterocycles. The molecule has 2 rings (SSSR count). The van der Waals surface area contributed by atoms with Gasteiger partial charge in [-0.05, 0) is 49.8 Å². The largest absolute Gasteiger partial charge is 0.478 e. The monoisotopic (exact) mass is 297 g/mol. The second-order valence-corrected chi connectivity index (χ2v) is 7.12. The van der Waals surface area contributed by atoms with Crippen LogP contribution < -0.4 is 4.72 Å². The van der Waals surface area contributed by atoms with Gasteiger partial charge < -0.3 is 5.11 Å². The molecule has 0 atom stereocenters. The van der Waals surface area contributed by atoms with Crippen LogP contribution in [0.2, 0.25) is 0 Å². The van der Waals surface area contributed by atoms with Crippen molar-refractivity contribution >= 4 is 16.0 Å². The lowest BCUT2D eigenvalue weighted by atomic mass is 9.86. The molecule has 1 aliphatic rings. The van der Waals surface area contributed by atoms with E-state index in [1.165, 1.54) is 6.07 Å². The number of carboxylic acid groups (broad SMARTS) is 1.